The second kappa shape index (κ2) is 10.2. The normalized spacial score (nSPS) is 20.8. The van der Waals surface area contributed by atoms with E-state index in [-0.39, 0.29) is 18.9 Å². The first-order chi connectivity index (χ1) is 19.5. The van der Waals surface area contributed by atoms with Gasteiger partial charge in [0.15, 0.2) is 9.84 Å². The molecule has 216 valence electrons. The summed E-state index contributed by atoms with van der Waals surface area (Å²) >= 11 is 0. The molecule has 0 saturated heterocycles. The number of fused-ring (bicyclic) bond motifs is 1. The Labute approximate surface area is 238 Å². The van der Waals surface area contributed by atoms with Gasteiger partial charge in [-0.3, -0.25) is 0 Å². The average molecular weight is 582 g/mol. The number of halogens is 3. The van der Waals surface area contributed by atoms with Crippen molar-refractivity contribution in [3.8, 4) is 11.1 Å². The Balaban J connectivity index is 1.09. The number of sulfone groups is 1. The van der Waals surface area contributed by atoms with E-state index in [0.29, 0.717) is 42.1 Å². The smallest absolute Gasteiger partial charge is 0.382 e. The first-order valence-electron chi connectivity index (χ1n) is 14.2. The summed E-state index contributed by atoms with van der Waals surface area (Å²) in [5.74, 6) is 0.330. The first kappa shape index (κ1) is 27.8. The molecule has 2 heterocycles. The maximum Gasteiger partial charge on any atom is 0.398 e. The molecule has 2 aromatic heterocycles. The Morgan fingerprint density at radius 2 is 1.54 bits per heavy atom. The Hall–Kier alpha value is -3.33. The number of hydrogen-bond donors (Lipinski definition) is 1. The Kier molecular flexibility index (Phi) is 6.91. The zero-order valence-corrected chi connectivity index (χ0v) is 24.0. The minimum atomic E-state index is -4.22. The van der Waals surface area contributed by atoms with Crippen LogP contribution >= 0.6 is 0 Å². The number of pyridine rings is 1. The van der Waals surface area contributed by atoms with E-state index < -0.39 is 26.7 Å². The molecule has 2 fully saturated rings. The van der Waals surface area contributed by atoms with E-state index in [1.54, 1.807) is 36.4 Å². The van der Waals surface area contributed by atoms with Gasteiger partial charge in [-0.05, 0) is 97.5 Å². The standard InChI is InChI=1S/C32H34F3N3O2S/c1-21(2)29-19-36-30-16-5-23(20-38(29)30)22-3-12-27(13-4-22)41(39,40)28-14-10-26(11-15-28)37-25-8-6-24(7-9-25)31(17-18-31)32(33,34)35/h3-9,12-13,16,19-21,26,28,37H,10-11,14-15,17-18H2,1-2H3. The third kappa shape index (κ3) is 5.13. The molecule has 2 aliphatic rings. The summed E-state index contributed by atoms with van der Waals surface area (Å²) < 4.78 is 69.2. The number of imidazole rings is 1. The zero-order valence-electron chi connectivity index (χ0n) is 23.2. The molecule has 4 aromatic rings. The van der Waals surface area contributed by atoms with Crippen LogP contribution in [0.5, 0.6) is 0 Å². The topological polar surface area (TPSA) is 63.5 Å². The zero-order chi connectivity index (χ0) is 29.0. The lowest BCUT2D eigenvalue weighted by atomic mass is 9.93. The van der Waals surface area contributed by atoms with Crippen LogP contribution in [0, 0.1) is 0 Å². The van der Waals surface area contributed by atoms with Gasteiger partial charge in [-0.1, -0.05) is 38.1 Å². The lowest BCUT2D eigenvalue weighted by Gasteiger charge is -2.30. The number of nitrogens with one attached hydrogen (secondary N) is 1. The molecule has 5 nitrogen and oxygen atoms in total. The Morgan fingerprint density at radius 1 is 0.902 bits per heavy atom. The van der Waals surface area contributed by atoms with Gasteiger partial charge in [0.2, 0.25) is 0 Å². The predicted molar refractivity (Wildman–Crippen MR) is 155 cm³/mol. The highest BCUT2D eigenvalue weighted by molar-refractivity contribution is 7.92. The van der Waals surface area contributed by atoms with Crippen molar-refractivity contribution in [2.75, 3.05) is 5.32 Å². The van der Waals surface area contributed by atoms with Crippen LogP contribution in [0.25, 0.3) is 16.8 Å². The molecule has 2 saturated carbocycles. The highest BCUT2D eigenvalue weighted by atomic mass is 32.2. The molecule has 0 aliphatic heterocycles. The van der Waals surface area contributed by atoms with Crippen LogP contribution < -0.4 is 5.32 Å². The van der Waals surface area contributed by atoms with Gasteiger partial charge >= 0.3 is 6.18 Å². The van der Waals surface area contributed by atoms with E-state index >= 15 is 0 Å². The number of benzene rings is 2. The van der Waals surface area contributed by atoms with Crippen molar-refractivity contribution in [2.45, 2.75) is 86.1 Å². The molecule has 2 aliphatic carbocycles. The summed E-state index contributed by atoms with van der Waals surface area (Å²) in [6.07, 6.45) is 2.43. The molecule has 6 rings (SSSR count). The van der Waals surface area contributed by atoms with Crippen molar-refractivity contribution in [2.24, 2.45) is 0 Å². The highest BCUT2D eigenvalue weighted by Gasteiger charge is 2.64. The van der Waals surface area contributed by atoms with Gasteiger partial charge in [0.05, 0.1) is 15.6 Å². The van der Waals surface area contributed by atoms with Crippen molar-refractivity contribution in [1.82, 2.24) is 9.38 Å². The van der Waals surface area contributed by atoms with Crippen LogP contribution in [0.1, 0.15) is 69.5 Å². The Bertz CT molecular complexity index is 1650. The molecule has 2 aromatic carbocycles. The van der Waals surface area contributed by atoms with Gasteiger partial charge in [-0.15, -0.1) is 0 Å². The monoisotopic (exact) mass is 581 g/mol. The molecular formula is C32H34F3N3O2S. The summed E-state index contributed by atoms with van der Waals surface area (Å²) in [7, 11) is -3.48. The summed E-state index contributed by atoms with van der Waals surface area (Å²) in [5.41, 5.74) is 3.34. The van der Waals surface area contributed by atoms with Gasteiger partial charge in [0.1, 0.15) is 5.65 Å². The second-order valence-corrected chi connectivity index (χ2v) is 14.1. The average Bonchev–Trinajstić information content (AvgIpc) is 3.67. The molecule has 0 radical (unpaired) electrons. The number of rotatable bonds is 7. The SMILES string of the molecule is CC(C)c1cnc2ccc(-c3ccc(S(=O)(=O)C4CCC(Nc5ccc(C6(C(F)(F)F)CC6)cc5)CC4)cc3)cn12. The van der Waals surface area contributed by atoms with E-state index in [2.05, 4.69) is 28.5 Å². The molecule has 0 unspecified atom stereocenters. The van der Waals surface area contributed by atoms with Gasteiger partial charge < -0.3 is 9.72 Å². The number of nitrogens with zero attached hydrogens (tertiary/aromatic N) is 2. The van der Waals surface area contributed by atoms with Gasteiger partial charge in [-0.25, -0.2) is 13.4 Å². The number of aromatic nitrogens is 2. The summed E-state index contributed by atoms with van der Waals surface area (Å²) in [6, 6.07) is 17.7. The quantitative estimate of drug-likeness (QED) is 0.241. The van der Waals surface area contributed by atoms with Gasteiger partial charge in [-0.2, -0.15) is 13.2 Å². The van der Waals surface area contributed by atoms with Crippen LogP contribution in [0.3, 0.4) is 0 Å². The van der Waals surface area contributed by atoms with E-state index in [9.17, 15) is 21.6 Å². The lowest BCUT2D eigenvalue weighted by Crippen LogP contribution is -2.33. The van der Waals surface area contributed by atoms with Crippen molar-refractivity contribution in [3.05, 3.63) is 84.3 Å². The van der Waals surface area contributed by atoms with Crippen LogP contribution in [0.15, 0.2) is 78.0 Å². The Morgan fingerprint density at radius 3 is 2.12 bits per heavy atom. The number of hydrogen-bond acceptors (Lipinski definition) is 4. The lowest BCUT2D eigenvalue weighted by molar-refractivity contribution is -0.160. The van der Waals surface area contributed by atoms with Gasteiger partial charge in [0.25, 0.3) is 0 Å². The van der Waals surface area contributed by atoms with E-state index in [4.69, 9.17) is 0 Å². The van der Waals surface area contributed by atoms with Gasteiger partial charge in [0, 0.05) is 29.8 Å². The maximum absolute atomic E-state index is 13.5. The summed E-state index contributed by atoms with van der Waals surface area (Å²) in [5, 5.41) is 2.94. The summed E-state index contributed by atoms with van der Waals surface area (Å²) in [4.78, 5) is 4.80. The molecule has 41 heavy (non-hydrogen) atoms. The minimum Gasteiger partial charge on any atom is -0.382 e. The molecule has 0 amide bonds. The number of alkyl halides is 3. The van der Waals surface area contributed by atoms with Crippen molar-refractivity contribution in [3.63, 3.8) is 0 Å². The molecule has 0 atom stereocenters. The fourth-order valence-corrected chi connectivity index (χ4v) is 7.92. The van der Waals surface area contributed by atoms with Crippen molar-refractivity contribution >= 4 is 21.2 Å². The highest BCUT2D eigenvalue weighted by Crippen LogP contribution is 2.58. The fraction of sp³-hybridized carbons (Fsp3) is 0.406. The molecular weight excluding hydrogens is 547 g/mol. The second-order valence-electron chi connectivity index (χ2n) is 11.8. The van der Waals surface area contributed by atoms with Crippen molar-refractivity contribution < 1.29 is 21.6 Å². The van der Waals surface area contributed by atoms with E-state index in [1.165, 1.54) is 0 Å². The van der Waals surface area contributed by atoms with Crippen LogP contribution in [0.2, 0.25) is 0 Å². The third-order valence-electron chi connectivity index (χ3n) is 8.86. The van der Waals surface area contributed by atoms with Crippen LogP contribution in [-0.4, -0.2) is 35.3 Å². The molecule has 1 N–H and O–H groups in total. The molecule has 0 bridgehead atoms. The first-order valence-corrected chi connectivity index (χ1v) is 15.8. The van der Waals surface area contributed by atoms with Crippen LogP contribution in [-0.2, 0) is 15.3 Å². The number of anilines is 1. The van der Waals surface area contributed by atoms with Crippen LogP contribution in [0.4, 0.5) is 18.9 Å². The summed E-state index contributed by atoms with van der Waals surface area (Å²) in [6.45, 7) is 4.25. The largest absolute Gasteiger partial charge is 0.398 e. The van der Waals surface area contributed by atoms with Crippen molar-refractivity contribution in [1.29, 1.82) is 0 Å². The minimum absolute atomic E-state index is 0.0843. The fourth-order valence-electron chi connectivity index (χ4n) is 6.13. The predicted octanol–water partition coefficient (Wildman–Crippen LogP) is 7.92. The maximum atomic E-state index is 13.5. The molecule has 0 spiro atoms. The third-order valence-corrected chi connectivity index (χ3v) is 11.1. The van der Waals surface area contributed by atoms with E-state index in [1.807, 2.05) is 36.7 Å². The molecule has 9 heteroatoms. The van der Waals surface area contributed by atoms with E-state index in [0.717, 1.165) is 28.2 Å².